The van der Waals surface area contributed by atoms with Crippen molar-refractivity contribution >= 4 is 11.7 Å². The minimum absolute atomic E-state index is 0.0356. The largest absolute Gasteiger partial charge is 0.486 e. The molecule has 0 spiro atoms. The Labute approximate surface area is 153 Å². The first-order valence-electron chi connectivity index (χ1n) is 8.19. The number of nitro benzene ring substituents is 1. The number of esters is 1. The van der Waals surface area contributed by atoms with E-state index in [-0.39, 0.29) is 25.7 Å². The van der Waals surface area contributed by atoms with Crippen molar-refractivity contribution in [2.45, 2.75) is 13.2 Å². The van der Waals surface area contributed by atoms with Crippen molar-refractivity contribution in [1.82, 2.24) is 0 Å². The number of hydrogen-bond donors (Lipinski definition) is 0. The highest BCUT2D eigenvalue weighted by Crippen LogP contribution is 2.34. The molecule has 0 unspecified atom stereocenters. The molecule has 2 aliphatic heterocycles. The van der Waals surface area contributed by atoms with Gasteiger partial charge in [-0.3, -0.25) is 10.1 Å². The summed E-state index contributed by atoms with van der Waals surface area (Å²) in [5.74, 6) is 0.906. The number of ether oxygens (including phenoxy) is 5. The van der Waals surface area contributed by atoms with Gasteiger partial charge in [0.15, 0.2) is 18.3 Å². The second-order valence-electron chi connectivity index (χ2n) is 5.90. The summed E-state index contributed by atoms with van der Waals surface area (Å²) in [4.78, 5) is 23.0. The highest BCUT2D eigenvalue weighted by Gasteiger charge is 2.22. The minimum Gasteiger partial charge on any atom is -0.486 e. The van der Waals surface area contributed by atoms with E-state index in [9.17, 15) is 14.9 Å². The summed E-state index contributed by atoms with van der Waals surface area (Å²) in [6.07, 6.45) is 0. The molecule has 0 atom stereocenters. The molecule has 140 valence electrons. The van der Waals surface area contributed by atoms with E-state index in [1.807, 2.05) is 0 Å². The highest BCUT2D eigenvalue weighted by atomic mass is 16.7. The van der Waals surface area contributed by atoms with Crippen molar-refractivity contribution in [2.75, 3.05) is 20.0 Å². The molecular weight excluding hydrogens is 358 g/mol. The Bertz CT molecular complexity index is 910. The van der Waals surface area contributed by atoms with Gasteiger partial charge in [-0.15, -0.1) is 0 Å². The molecule has 27 heavy (non-hydrogen) atoms. The van der Waals surface area contributed by atoms with E-state index in [2.05, 4.69) is 0 Å². The number of rotatable bonds is 4. The molecule has 0 bridgehead atoms. The Morgan fingerprint density at radius 2 is 1.93 bits per heavy atom. The summed E-state index contributed by atoms with van der Waals surface area (Å²) in [5, 5.41) is 11.1. The third-order valence-corrected chi connectivity index (χ3v) is 4.12. The number of nitrogens with zero attached hydrogens (tertiary/aromatic N) is 1. The van der Waals surface area contributed by atoms with Crippen LogP contribution in [0.2, 0.25) is 0 Å². The predicted octanol–water partition coefficient (Wildman–Crippen LogP) is 2.59. The van der Waals surface area contributed by atoms with Crippen molar-refractivity contribution in [3.8, 4) is 17.2 Å². The molecule has 9 nitrogen and oxygen atoms in total. The SMILES string of the molecule is O=C(OCc1cc([N+](=O)[O-])cc2c1OCOC2)c1ccc2c(c1)OCCO2. The van der Waals surface area contributed by atoms with E-state index in [1.54, 1.807) is 18.2 Å². The second kappa shape index (κ2) is 7.12. The van der Waals surface area contributed by atoms with Gasteiger partial charge in [-0.25, -0.2) is 4.79 Å². The molecule has 0 fully saturated rings. The molecule has 4 rings (SSSR count). The predicted molar refractivity (Wildman–Crippen MR) is 89.9 cm³/mol. The maximum atomic E-state index is 12.4. The molecule has 0 aromatic heterocycles. The van der Waals surface area contributed by atoms with Gasteiger partial charge < -0.3 is 23.7 Å². The van der Waals surface area contributed by atoms with Crippen LogP contribution in [0.3, 0.4) is 0 Å². The maximum absolute atomic E-state index is 12.4. The molecule has 0 saturated heterocycles. The molecular formula is C18H15NO8. The third kappa shape index (κ3) is 3.49. The Balaban J connectivity index is 1.53. The zero-order chi connectivity index (χ0) is 18.8. The molecule has 2 heterocycles. The Kier molecular flexibility index (Phi) is 4.51. The van der Waals surface area contributed by atoms with Crippen LogP contribution in [0, 0.1) is 10.1 Å². The van der Waals surface area contributed by atoms with Crippen molar-refractivity contribution in [3.63, 3.8) is 0 Å². The van der Waals surface area contributed by atoms with Crippen LogP contribution in [-0.2, 0) is 22.7 Å². The first-order chi connectivity index (χ1) is 13.1. The van der Waals surface area contributed by atoms with Crippen LogP contribution in [0.4, 0.5) is 5.69 Å². The van der Waals surface area contributed by atoms with Crippen molar-refractivity contribution in [2.24, 2.45) is 0 Å². The lowest BCUT2D eigenvalue weighted by Gasteiger charge is -2.20. The smallest absolute Gasteiger partial charge is 0.338 e. The van der Waals surface area contributed by atoms with Gasteiger partial charge in [-0.2, -0.15) is 0 Å². The first-order valence-corrected chi connectivity index (χ1v) is 8.19. The average Bonchev–Trinajstić information content (AvgIpc) is 2.71. The minimum atomic E-state index is -0.584. The quantitative estimate of drug-likeness (QED) is 0.457. The maximum Gasteiger partial charge on any atom is 0.338 e. The standard InChI is InChI=1S/C18H15NO8/c20-18(11-1-2-15-16(7-11)25-4-3-24-15)26-9-13-6-14(19(21)22)5-12-8-23-10-27-17(12)13/h1-2,5-7H,3-4,8-10H2. The topological polar surface area (TPSA) is 106 Å². The Morgan fingerprint density at radius 1 is 1.11 bits per heavy atom. The van der Waals surface area contributed by atoms with Gasteiger partial charge in [-0.05, 0) is 18.2 Å². The number of nitro groups is 1. The zero-order valence-electron chi connectivity index (χ0n) is 14.1. The number of carbonyl (C=O) groups excluding carboxylic acids is 1. The fraction of sp³-hybridized carbons (Fsp3) is 0.278. The van der Waals surface area contributed by atoms with Crippen LogP contribution in [0.25, 0.3) is 0 Å². The molecule has 2 aromatic rings. The van der Waals surface area contributed by atoms with E-state index >= 15 is 0 Å². The number of hydrogen-bond acceptors (Lipinski definition) is 8. The molecule has 0 saturated carbocycles. The van der Waals surface area contributed by atoms with E-state index in [1.165, 1.54) is 12.1 Å². The molecule has 2 aliphatic rings. The lowest BCUT2D eigenvalue weighted by Crippen LogP contribution is -2.16. The monoisotopic (exact) mass is 373 g/mol. The van der Waals surface area contributed by atoms with Gasteiger partial charge in [0.05, 0.1) is 17.1 Å². The number of fused-ring (bicyclic) bond motifs is 2. The summed E-state index contributed by atoms with van der Waals surface area (Å²) >= 11 is 0. The normalized spacial score (nSPS) is 14.7. The highest BCUT2D eigenvalue weighted by molar-refractivity contribution is 5.90. The van der Waals surface area contributed by atoms with Crippen LogP contribution >= 0.6 is 0 Å². The van der Waals surface area contributed by atoms with Crippen LogP contribution < -0.4 is 14.2 Å². The van der Waals surface area contributed by atoms with Gasteiger partial charge in [0.25, 0.3) is 5.69 Å². The van der Waals surface area contributed by atoms with E-state index < -0.39 is 10.9 Å². The number of non-ortho nitro benzene ring substituents is 1. The fourth-order valence-electron chi connectivity index (χ4n) is 2.89. The van der Waals surface area contributed by atoms with Crippen molar-refractivity contribution < 1.29 is 33.4 Å². The average molecular weight is 373 g/mol. The van der Waals surface area contributed by atoms with Crippen LogP contribution in [0.15, 0.2) is 30.3 Å². The molecule has 9 heteroatoms. The van der Waals surface area contributed by atoms with E-state index in [4.69, 9.17) is 23.7 Å². The van der Waals surface area contributed by atoms with E-state index in [0.29, 0.717) is 47.2 Å². The lowest BCUT2D eigenvalue weighted by atomic mass is 10.1. The lowest BCUT2D eigenvalue weighted by molar-refractivity contribution is -0.385. The van der Waals surface area contributed by atoms with Crippen LogP contribution in [-0.4, -0.2) is 30.9 Å². The molecule has 0 aliphatic carbocycles. The second-order valence-corrected chi connectivity index (χ2v) is 5.90. The van der Waals surface area contributed by atoms with Gasteiger partial charge in [0, 0.05) is 23.3 Å². The Hall–Kier alpha value is -3.33. The van der Waals surface area contributed by atoms with Gasteiger partial charge in [0.2, 0.25) is 0 Å². The number of benzene rings is 2. The van der Waals surface area contributed by atoms with Gasteiger partial charge in [0.1, 0.15) is 25.6 Å². The van der Waals surface area contributed by atoms with Gasteiger partial charge >= 0.3 is 5.97 Å². The van der Waals surface area contributed by atoms with E-state index in [0.717, 1.165) is 0 Å². The fourth-order valence-corrected chi connectivity index (χ4v) is 2.89. The molecule has 0 N–H and O–H groups in total. The summed E-state index contributed by atoms with van der Waals surface area (Å²) in [7, 11) is 0. The molecule has 0 radical (unpaired) electrons. The molecule has 0 amide bonds. The van der Waals surface area contributed by atoms with Gasteiger partial charge in [-0.1, -0.05) is 0 Å². The summed E-state index contributed by atoms with van der Waals surface area (Å²) in [6.45, 7) is 0.925. The molecule has 2 aromatic carbocycles. The summed E-state index contributed by atoms with van der Waals surface area (Å²) in [6, 6.07) is 7.48. The van der Waals surface area contributed by atoms with Crippen LogP contribution in [0.5, 0.6) is 17.2 Å². The van der Waals surface area contributed by atoms with Crippen molar-refractivity contribution in [3.05, 3.63) is 57.1 Å². The van der Waals surface area contributed by atoms with Crippen molar-refractivity contribution in [1.29, 1.82) is 0 Å². The number of carbonyl (C=O) groups is 1. The third-order valence-electron chi connectivity index (χ3n) is 4.12. The summed E-state index contributed by atoms with van der Waals surface area (Å²) in [5.41, 5.74) is 1.13. The summed E-state index contributed by atoms with van der Waals surface area (Å²) < 4.78 is 26.8. The zero-order valence-corrected chi connectivity index (χ0v) is 14.1. The Morgan fingerprint density at radius 3 is 2.74 bits per heavy atom. The van der Waals surface area contributed by atoms with Crippen LogP contribution in [0.1, 0.15) is 21.5 Å². The first kappa shape index (κ1) is 17.1.